The lowest BCUT2D eigenvalue weighted by molar-refractivity contribution is -0.131. The Balaban J connectivity index is 1.35. The first-order valence-electron chi connectivity index (χ1n) is 10.0. The maximum atomic E-state index is 12.9. The summed E-state index contributed by atoms with van der Waals surface area (Å²) >= 11 is 0. The number of aryl methyl sites for hydroxylation is 1. The average Bonchev–Trinajstić information content (AvgIpc) is 3.20. The highest BCUT2D eigenvalue weighted by Crippen LogP contribution is 2.27. The first-order valence-corrected chi connectivity index (χ1v) is 10.0. The highest BCUT2D eigenvalue weighted by atomic mass is 16.6. The fourth-order valence-electron chi connectivity index (χ4n) is 3.92. The van der Waals surface area contributed by atoms with E-state index in [-0.39, 0.29) is 25.1 Å². The van der Waals surface area contributed by atoms with Crippen molar-refractivity contribution in [2.24, 2.45) is 0 Å². The Morgan fingerprint density at radius 1 is 1.17 bits per heavy atom. The minimum atomic E-state index is -0.426. The van der Waals surface area contributed by atoms with E-state index in [4.69, 9.17) is 9.26 Å². The molecule has 3 heterocycles. The molecule has 8 nitrogen and oxygen atoms in total. The molecule has 0 bridgehead atoms. The van der Waals surface area contributed by atoms with Crippen LogP contribution in [0.2, 0.25) is 0 Å². The Labute approximate surface area is 170 Å². The Morgan fingerprint density at radius 2 is 2.00 bits per heavy atom. The average molecular weight is 398 g/mol. The molecular formula is C21H26N4O4. The van der Waals surface area contributed by atoms with Crippen LogP contribution in [0.25, 0.3) is 0 Å². The van der Waals surface area contributed by atoms with Crippen LogP contribution in [-0.4, -0.2) is 71.2 Å². The number of hydrogen-bond donors (Lipinski definition) is 0. The molecule has 154 valence electrons. The lowest BCUT2D eigenvalue weighted by Gasteiger charge is -2.26. The largest absolute Gasteiger partial charge is 0.447 e. The van der Waals surface area contributed by atoms with Gasteiger partial charge in [-0.2, -0.15) is 0 Å². The molecule has 0 saturated carbocycles. The quantitative estimate of drug-likeness (QED) is 0.768. The molecule has 0 aliphatic carbocycles. The van der Waals surface area contributed by atoms with Crippen LogP contribution in [0.3, 0.4) is 0 Å². The summed E-state index contributed by atoms with van der Waals surface area (Å²) in [6.07, 6.45) is 0.458. The normalized spacial score (nSPS) is 20.6. The van der Waals surface area contributed by atoms with Crippen LogP contribution in [0.4, 0.5) is 4.79 Å². The topological polar surface area (TPSA) is 79.1 Å². The Morgan fingerprint density at radius 3 is 2.76 bits per heavy atom. The molecule has 2 fully saturated rings. The van der Waals surface area contributed by atoms with E-state index in [0.29, 0.717) is 19.6 Å². The number of carbonyl (C=O) groups is 2. The third-order valence-corrected chi connectivity index (χ3v) is 5.47. The maximum absolute atomic E-state index is 12.9. The highest BCUT2D eigenvalue weighted by molar-refractivity contribution is 5.83. The van der Waals surface area contributed by atoms with Crippen molar-refractivity contribution >= 4 is 12.0 Å². The van der Waals surface area contributed by atoms with Crippen molar-refractivity contribution in [3.8, 4) is 0 Å². The van der Waals surface area contributed by atoms with Gasteiger partial charge in [-0.1, -0.05) is 35.5 Å². The van der Waals surface area contributed by atoms with E-state index >= 15 is 0 Å². The molecule has 2 amide bonds. The minimum Gasteiger partial charge on any atom is -0.447 e. The molecule has 2 saturated heterocycles. The number of hydrogen-bond acceptors (Lipinski definition) is 6. The molecule has 1 aromatic carbocycles. The smallest absolute Gasteiger partial charge is 0.410 e. The zero-order chi connectivity index (χ0) is 20.2. The lowest BCUT2D eigenvalue weighted by Crippen LogP contribution is -2.43. The summed E-state index contributed by atoms with van der Waals surface area (Å²) in [7, 11) is 0. The molecule has 29 heavy (non-hydrogen) atoms. The Bertz CT molecular complexity index is 853. The predicted molar refractivity (Wildman–Crippen MR) is 105 cm³/mol. The highest BCUT2D eigenvalue weighted by Gasteiger charge is 2.36. The molecule has 2 aliphatic rings. The minimum absolute atomic E-state index is 0.0380. The van der Waals surface area contributed by atoms with Gasteiger partial charge < -0.3 is 14.2 Å². The van der Waals surface area contributed by atoms with Crippen LogP contribution in [0.1, 0.15) is 29.5 Å². The van der Waals surface area contributed by atoms with Gasteiger partial charge in [-0.05, 0) is 18.9 Å². The molecule has 0 radical (unpaired) electrons. The summed E-state index contributed by atoms with van der Waals surface area (Å²) in [6, 6.07) is 11.4. The number of amides is 2. The molecule has 0 spiro atoms. The van der Waals surface area contributed by atoms with E-state index in [9.17, 15) is 9.59 Å². The van der Waals surface area contributed by atoms with Crippen molar-refractivity contribution in [3.63, 3.8) is 0 Å². The summed E-state index contributed by atoms with van der Waals surface area (Å²) in [6.45, 7) is 5.90. The monoisotopic (exact) mass is 398 g/mol. The molecule has 8 heteroatoms. The van der Waals surface area contributed by atoms with Gasteiger partial charge in [0.1, 0.15) is 18.9 Å². The molecule has 1 aromatic heterocycles. The third kappa shape index (κ3) is 4.59. The van der Waals surface area contributed by atoms with Crippen LogP contribution >= 0.6 is 0 Å². The van der Waals surface area contributed by atoms with Gasteiger partial charge in [-0.25, -0.2) is 4.79 Å². The second-order valence-electron chi connectivity index (χ2n) is 7.57. The second kappa shape index (κ2) is 8.65. The number of benzene rings is 1. The van der Waals surface area contributed by atoms with Gasteiger partial charge >= 0.3 is 6.09 Å². The number of ether oxygens (including phenoxy) is 1. The molecule has 1 atom stereocenters. The van der Waals surface area contributed by atoms with E-state index in [1.165, 1.54) is 0 Å². The molecule has 4 rings (SSSR count). The third-order valence-electron chi connectivity index (χ3n) is 5.47. The molecule has 2 aromatic rings. The number of nitrogens with zero attached hydrogens (tertiary/aromatic N) is 4. The fourth-order valence-corrected chi connectivity index (χ4v) is 3.92. The number of cyclic esters (lactones) is 1. The van der Waals surface area contributed by atoms with Crippen LogP contribution < -0.4 is 0 Å². The summed E-state index contributed by atoms with van der Waals surface area (Å²) < 4.78 is 10.4. The van der Waals surface area contributed by atoms with Gasteiger partial charge in [-0.15, -0.1) is 0 Å². The summed E-state index contributed by atoms with van der Waals surface area (Å²) in [4.78, 5) is 30.8. The van der Waals surface area contributed by atoms with E-state index in [1.54, 1.807) is 4.90 Å². The second-order valence-corrected chi connectivity index (χ2v) is 7.57. The van der Waals surface area contributed by atoms with Gasteiger partial charge in [0.25, 0.3) is 0 Å². The van der Waals surface area contributed by atoms with Gasteiger partial charge in [0.05, 0.1) is 11.7 Å². The molecular weight excluding hydrogens is 372 g/mol. The van der Waals surface area contributed by atoms with Crippen LogP contribution in [0.15, 0.2) is 40.9 Å². The van der Waals surface area contributed by atoms with Crippen molar-refractivity contribution in [3.05, 3.63) is 53.4 Å². The van der Waals surface area contributed by atoms with Gasteiger partial charge in [0.2, 0.25) is 5.91 Å². The van der Waals surface area contributed by atoms with Gasteiger partial charge in [0, 0.05) is 38.8 Å². The van der Waals surface area contributed by atoms with Crippen LogP contribution in [-0.2, 0) is 16.1 Å². The van der Waals surface area contributed by atoms with E-state index < -0.39 is 6.09 Å². The van der Waals surface area contributed by atoms with E-state index in [0.717, 1.165) is 36.5 Å². The van der Waals surface area contributed by atoms with Crippen molar-refractivity contribution in [2.45, 2.75) is 25.9 Å². The number of carbonyl (C=O) groups excluding carboxylic acids is 2. The Kier molecular flexibility index (Phi) is 5.80. The molecule has 0 N–H and O–H groups in total. The SMILES string of the molecule is Cc1cc(CN2CCCN(C(=O)CN3C(=O)OCC3c3ccccc3)CC2)no1. The van der Waals surface area contributed by atoms with Crippen molar-refractivity contribution in [1.29, 1.82) is 0 Å². The fraction of sp³-hybridized carbons (Fsp3) is 0.476. The van der Waals surface area contributed by atoms with Crippen LogP contribution in [0, 0.1) is 6.92 Å². The number of rotatable bonds is 5. The lowest BCUT2D eigenvalue weighted by atomic mass is 10.1. The standard InChI is InChI=1S/C21H26N4O4/c1-16-12-18(22-29-16)13-23-8-5-9-24(11-10-23)20(26)14-25-19(15-28-21(25)27)17-6-3-2-4-7-17/h2-4,6-7,12,19H,5,8-11,13-15H2,1H3. The van der Waals surface area contributed by atoms with Gasteiger partial charge in [0.15, 0.2) is 0 Å². The summed E-state index contributed by atoms with van der Waals surface area (Å²) in [5, 5.41) is 4.05. The first-order chi connectivity index (χ1) is 14.1. The van der Waals surface area contributed by atoms with Crippen molar-refractivity contribution in [2.75, 3.05) is 39.3 Å². The number of aromatic nitrogens is 1. The zero-order valence-electron chi connectivity index (χ0n) is 16.6. The summed E-state index contributed by atoms with van der Waals surface area (Å²) in [5.41, 5.74) is 1.89. The predicted octanol–water partition coefficient (Wildman–Crippen LogP) is 2.21. The summed E-state index contributed by atoms with van der Waals surface area (Å²) in [5.74, 6) is 0.765. The van der Waals surface area contributed by atoms with Crippen molar-refractivity contribution in [1.82, 2.24) is 19.9 Å². The van der Waals surface area contributed by atoms with E-state index in [2.05, 4.69) is 10.1 Å². The van der Waals surface area contributed by atoms with Crippen LogP contribution in [0.5, 0.6) is 0 Å². The van der Waals surface area contributed by atoms with E-state index in [1.807, 2.05) is 48.2 Å². The first kappa shape index (κ1) is 19.4. The Hall–Kier alpha value is -2.87. The molecule has 1 unspecified atom stereocenters. The maximum Gasteiger partial charge on any atom is 0.410 e. The molecule has 2 aliphatic heterocycles. The zero-order valence-corrected chi connectivity index (χ0v) is 16.6. The van der Waals surface area contributed by atoms with Crippen molar-refractivity contribution < 1.29 is 18.8 Å². The van der Waals surface area contributed by atoms with Gasteiger partial charge in [-0.3, -0.25) is 14.6 Å².